The molecule has 2 aromatic rings. The van der Waals surface area contributed by atoms with Crippen molar-refractivity contribution >= 4 is 28.7 Å². The molecule has 33 heavy (non-hydrogen) atoms. The molecule has 0 fully saturated rings. The molecule has 0 bridgehead atoms. The number of hydrogen-bond donors (Lipinski definition) is 3. The van der Waals surface area contributed by atoms with Gasteiger partial charge in [-0.2, -0.15) is 11.3 Å². The minimum atomic E-state index is -0.584. The molecule has 0 saturated carbocycles. The highest BCUT2D eigenvalue weighted by atomic mass is 32.1. The molecule has 0 spiro atoms. The third-order valence-electron chi connectivity index (χ3n) is 5.24. The van der Waals surface area contributed by atoms with E-state index in [1.807, 2.05) is 24.4 Å². The Balaban J connectivity index is 1.62. The van der Waals surface area contributed by atoms with Gasteiger partial charge < -0.3 is 25.2 Å². The summed E-state index contributed by atoms with van der Waals surface area (Å²) >= 11 is 1.59. The lowest BCUT2D eigenvalue weighted by molar-refractivity contribution is -0.385. The molecule has 3 heterocycles. The van der Waals surface area contributed by atoms with Crippen molar-refractivity contribution in [2.24, 2.45) is 5.92 Å². The van der Waals surface area contributed by atoms with Gasteiger partial charge in [-0.1, -0.05) is 0 Å². The van der Waals surface area contributed by atoms with Gasteiger partial charge in [-0.15, -0.1) is 0 Å². The number of nitrogens with one attached hydrogen (secondary N) is 2. The number of hydrogen-bond acceptors (Lipinski definition) is 9. The molecule has 1 aliphatic heterocycles. The molecule has 0 aromatic carbocycles. The van der Waals surface area contributed by atoms with E-state index in [2.05, 4.69) is 21.0 Å². The summed E-state index contributed by atoms with van der Waals surface area (Å²) in [5, 5.41) is 29.9. The Morgan fingerprint density at radius 1 is 1.36 bits per heavy atom. The summed E-state index contributed by atoms with van der Waals surface area (Å²) in [4.78, 5) is 27.0. The smallest absolute Gasteiger partial charge is 0.287 e. The summed E-state index contributed by atoms with van der Waals surface area (Å²) in [6, 6.07) is 4.90. The van der Waals surface area contributed by atoms with Crippen LogP contribution in [0.25, 0.3) is 0 Å². The zero-order chi connectivity index (χ0) is 23.6. The molecule has 10 nitrogen and oxygen atoms in total. The van der Waals surface area contributed by atoms with Crippen molar-refractivity contribution in [3.05, 3.63) is 62.7 Å². The number of nitro groups is 1. The molecule has 178 valence electrons. The van der Waals surface area contributed by atoms with Crippen molar-refractivity contribution in [3.8, 4) is 0 Å². The zero-order valence-corrected chi connectivity index (χ0v) is 19.1. The van der Waals surface area contributed by atoms with Crippen LogP contribution in [0.3, 0.4) is 0 Å². The van der Waals surface area contributed by atoms with Crippen molar-refractivity contribution in [2.45, 2.75) is 32.0 Å². The van der Waals surface area contributed by atoms with Gasteiger partial charge in [0.1, 0.15) is 12.0 Å². The van der Waals surface area contributed by atoms with Gasteiger partial charge >= 0.3 is 0 Å². The number of thiophene rings is 1. The molecule has 3 N–H and O–H groups in total. The Labute approximate surface area is 195 Å². The SMILES string of the molecule is CCOC1OC(C(=O)NCCNc2ccc([N+](=O)[O-])cn2)=CC(c2ccsc2)C1CCCO. The standard InChI is InChI=1S/C22H28N4O6S/c1-2-31-22-17(4-3-10-27)18(15-7-11-33-14-15)12-19(32-22)21(28)24-9-8-23-20-6-5-16(13-25-20)26(29)30/h5-7,11-14,17-18,22,27H,2-4,8-10H2,1H3,(H,23,25)(H,24,28). The molecule has 0 radical (unpaired) electrons. The van der Waals surface area contributed by atoms with E-state index in [1.54, 1.807) is 11.3 Å². The first kappa shape index (κ1) is 24.6. The first-order valence-corrected chi connectivity index (χ1v) is 11.7. The average molecular weight is 477 g/mol. The van der Waals surface area contributed by atoms with Gasteiger partial charge in [-0.3, -0.25) is 14.9 Å². The van der Waals surface area contributed by atoms with Crippen LogP contribution in [0.2, 0.25) is 0 Å². The van der Waals surface area contributed by atoms with Crippen LogP contribution in [0.4, 0.5) is 11.5 Å². The first-order chi connectivity index (χ1) is 16.0. The largest absolute Gasteiger partial charge is 0.459 e. The van der Waals surface area contributed by atoms with Crippen LogP contribution < -0.4 is 10.6 Å². The maximum atomic E-state index is 12.8. The third kappa shape index (κ3) is 6.73. The van der Waals surface area contributed by atoms with Crippen molar-refractivity contribution in [3.63, 3.8) is 0 Å². The van der Waals surface area contributed by atoms with Crippen molar-refractivity contribution < 1.29 is 24.3 Å². The first-order valence-electron chi connectivity index (χ1n) is 10.8. The Morgan fingerprint density at radius 3 is 2.85 bits per heavy atom. The van der Waals surface area contributed by atoms with Crippen LogP contribution in [-0.4, -0.2) is 53.5 Å². The average Bonchev–Trinajstić information content (AvgIpc) is 3.36. The second-order valence-corrected chi connectivity index (χ2v) is 8.21. The molecule has 0 aliphatic carbocycles. The van der Waals surface area contributed by atoms with E-state index in [1.165, 1.54) is 18.3 Å². The van der Waals surface area contributed by atoms with Crippen LogP contribution in [0.5, 0.6) is 0 Å². The van der Waals surface area contributed by atoms with Crippen LogP contribution in [-0.2, 0) is 14.3 Å². The van der Waals surface area contributed by atoms with E-state index in [4.69, 9.17) is 9.47 Å². The number of aliphatic hydroxyl groups excluding tert-OH is 1. The molecule has 3 atom stereocenters. The summed E-state index contributed by atoms with van der Waals surface area (Å²) in [7, 11) is 0. The van der Waals surface area contributed by atoms with E-state index < -0.39 is 11.2 Å². The maximum Gasteiger partial charge on any atom is 0.287 e. The van der Waals surface area contributed by atoms with Crippen LogP contribution >= 0.6 is 11.3 Å². The highest BCUT2D eigenvalue weighted by molar-refractivity contribution is 7.08. The van der Waals surface area contributed by atoms with Gasteiger partial charge in [0.15, 0.2) is 5.76 Å². The van der Waals surface area contributed by atoms with Gasteiger partial charge in [0.05, 0.1) is 4.92 Å². The minimum Gasteiger partial charge on any atom is -0.459 e. The number of aromatic nitrogens is 1. The summed E-state index contributed by atoms with van der Waals surface area (Å²) in [5.41, 5.74) is 1.00. The number of carbonyl (C=O) groups excluding carboxylic acids is 1. The fraction of sp³-hybridized carbons (Fsp3) is 0.455. The zero-order valence-electron chi connectivity index (χ0n) is 18.3. The second kappa shape index (κ2) is 12.3. The third-order valence-corrected chi connectivity index (χ3v) is 5.94. The van der Waals surface area contributed by atoms with Crippen molar-refractivity contribution in [1.29, 1.82) is 0 Å². The molecule has 0 saturated heterocycles. The number of carbonyl (C=O) groups is 1. The second-order valence-electron chi connectivity index (χ2n) is 7.43. The van der Waals surface area contributed by atoms with Crippen LogP contribution in [0, 0.1) is 16.0 Å². The summed E-state index contributed by atoms with van der Waals surface area (Å²) in [5.74, 6) is 0.260. The van der Waals surface area contributed by atoms with Crippen molar-refractivity contribution in [1.82, 2.24) is 10.3 Å². The Hall–Kier alpha value is -3.02. The molecular weight excluding hydrogens is 448 g/mol. The molecule has 11 heteroatoms. The summed E-state index contributed by atoms with van der Waals surface area (Å²) in [6.07, 6.45) is 3.75. The van der Waals surface area contributed by atoms with Gasteiger partial charge in [-0.25, -0.2) is 4.98 Å². The van der Waals surface area contributed by atoms with Gasteiger partial charge in [0.25, 0.3) is 11.6 Å². The van der Waals surface area contributed by atoms with Crippen LogP contribution in [0.1, 0.15) is 31.2 Å². The molecule has 3 unspecified atom stereocenters. The number of allylic oxidation sites excluding steroid dienone is 1. The predicted octanol–water partition coefficient (Wildman–Crippen LogP) is 3.03. The van der Waals surface area contributed by atoms with E-state index in [0.29, 0.717) is 38.4 Å². The van der Waals surface area contributed by atoms with Crippen molar-refractivity contribution in [2.75, 3.05) is 31.6 Å². The van der Waals surface area contributed by atoms with Crippen LogP contribution in [0.15, 0.2) is 47.0 Å². The minimum absolute atomic E-state index is 0.0156. The predicted molar refractivity (Wildman–Crippen MR) is 124 cm³/mol. The number of ether oxygens (including phenoxy) is 2. The maximum absolute atomic E-state index is 12.8. The van der Waals surface area contributed by atoms with Gasteiger partial charge in [0.2, 0.25) is 6.29 Å². The highest BCUT2D eigenvalue weighted by Gasteiger charge is 2.37. The normalized spacial score (nSPS) is 19.9. The Morgan fingerprint density at radius 2 is 2.21 bits per heavy atom. The number of rotatable bonds is 12. The summed E-state index contributed by atoms with van der Waals surface area (Å²) < 4.78 is 11.8. The summed E-state index contributed by atoms with van der Waals surface area (Å²) in [6.45, 7) is 3.08. The van der Waals surface area contributed by atoms with E-state index in [9.17, 15) is 20.0 Å². The van der Waals surface area contributed by atoms with Gasteiger partial charge in [-0.05, 0) is 54.3 Å². The lowest BCUT2D eigenvalue weighted by Gasteiger charge is -2.36. The number of aliphatic hydroxyl groups is 1. The van der Waals surface area contributed by atoms with E-state index in [-0.39, 0.29) is 35.8 Å². The quantitative estimate of drug-likeness (QED) is 0.242. The Bertz CT molecular complexity index is 935. The lowest BCUT2D eigenvalue weighted by Crippen LogP contribution is -2.39. The number of pyridine rings is 1. The van der Waals surface area contributed by atoms with E-state index >= 15 is 0 Å². The van der Waals surface area contributed by atoms with Gasteiger partial charge in [0, 0.05) is 44.2 Å². The molecule has 1 aliphatic rings. The fourth-order valence-corrected chi connectivity index (χ4v) is 4.37. The number of anilines is 1. The fourth-order valence-electron chi connectivity index (χ4n) is 3.66. The number of amides is 1. The topological polar surface area (TPSA) is 136 Å². The Kier molecular flexibility index (Phi) is 9.16. The molecule has 1 amide bonds. The molecule has 2 aromatic heterocycles. The number of nitrogens with zero attached hydrogens (tertiary/aromatic N) is 2. The highest BCUT2D eigenvalue weighted by Crippen LogP contribution is 2.40. The monoisotopic (exact) mass is 476 g/mol. The molecule has 3 rings (SSSR count). The lowest BCUT2D eigenvalue weighted by atomic mass is 9.81. The molecular formula is C22H28N4O6S. The van der Waals surface area contributed by atoms with E-state index in [0.717, 1.165) is 5.56 Å².